The Bertz CT molecular complexity index is 343. The summed E-state index contributed by atoms with van der Waals surface area (Å²) >= 11 is 0. The van der Waals surface area contributed by atoms with E-state index in [2.05, 4.69) is 6.58 Å². The number of esters is 1. The number of likely N-dealkylation sites (tertiary alicyclic amines) is 1. The van der Waals surface area contributed by atoms with Crippen LogP contribution in [0.25, 0.3) is 0 Å². The maximum atomic E-state index is 12.1. The van der Waals surface area contributed by atoms with E-state index in [4.69, 9.17) is 9.47 Å². The lowest BCUT2D eigenvalue weighted by Gasteiger charge is -2.35. The maximum absolute atomic E-state index is 12.1. The average molecular weight is 283 g/mol. The molecule has 1 aliphatic rings. The fourth-order valence-electron chi connectivity index (χ4n) is 2.22. The van der Waals surface area contributed by atoms with Crippen molar-refractivity contribution < 1.29 is 19.1 Å². The van der Waals surface area contributed by atoms with Gasteiger partial charge in [-0.15, -0.1) is 0 Å². The smallest absolute Gasteiger partial charge is 0.410 e. The van der Waals surface area contributed by atoms with Crippen LogP contribution < -0.4 is 0 Å². The number of piperidine rings is 1. The van der Waals surface area contributed by atoms with E-state index in [9.17, 15) is 9.59 Å². The van der Waals surface area contributed by atoms with Crippen LogP contribution >= 0.6 is 0 Å². The molecule has 0 aromatic rings. The molecule has 0 aromatic carbocycles. The van der Waals surface area contributed by atoms with Gasteiger partial charge in [-0.05, 0) is 32.6 Å². The molecule has 1 amide bonds. The minimum absolute atomic E-state index is 0.0660. The molecule has 0 aromatic heterocycles. The van der Waals surface area contributed by atoms with Crippen LogP contribution in [0.2, 0.25) is 0 Å². The summed E-state index contributed by atoms with van der Waals surface area (Å²) in [6.45, 7) is 8.26. The molecule has 5 heteroatoms. The SMILES string of the molecule is C=CC(=O)OCCC1CCCCN1C(=O)OC(C)CC. The van der Waals surface area contributed by atoms with Crippen molar-refractivity contribution in [2.45, 2.75) is 58.1 Å². The Balaban J connectivity index is 2.46. The predicted molar refractivity (Wildman–Crippen MR) is 76.4 cm³/mol. The Morgan fingerprint density at radius 3 is 2.85 bits per heavy atom. The summed E-state index contributed by atoms with van der Waals surface area (Å²) < 4.78 is 10.4. The monoisotopic (exact) mass is 283 g/mol. The zero-order valence-corrected chi connectivity index (χ0v) is 12.5. The topological polar surface area (TPSA) is 55.8 Å². The highest BCUT2D eigenvalue weighted by molar-refractivity contribution is 5.81. The van der Waals surface area contributed by atoms with Crippen molar-refractivity contribution in [2.75, 3.05) is 13.2 Å². The van der Waals surface area contributed by atoms with Gasteiger partial charge in [0.1, 0.15) is 6.10 Å². The van der Waals surface area contributed by atoms with E-state index in [0.29, 0.717) is 13.0 Å². The summed E-state index contributed by atoms with van der Waals surface area (Å²) in [5.41, 5.74) is 0. The molecule has 114 valence electrons. The van der Waals surface area contributed by atoms with Crippen molar-refractivity contribution in [1.29, 1.82) is 0 Å². The van der Waals surface area contributed by atoms with Gasteiger partial charge >= 0.3 is 12.1 Å². The van der Waals surface area contributed by atoms with Gasteiger partial charge in [0.25, 0.3) is 0 Å². The number of nitrogens with zero attached hydrogens (tertiary/aromatic N) is 1. The van der Waals surface area contributed by atoms with E-state index in [-0.39, 0.29) is 18.2 Å². The fraction of sp³-hybridized carbons (Fsp3) is 0.733. The van der Waals surface area contributed by atoms with Gasteiger partial charge in [0.05, 0.1) is 6.61 Å². The zero-order chi connectivity index (χ0) is 15.0. The van der Waals surface area contributed by atoms with Gasteiger partial charge in [-0.1, -0.05) is 13.5 Å². The number of rotatable bonds is 6. The highest BCUT2D eigenvalue weighted by Crippen LogP contribution is 2.21. The first kappa shape index (κ1) is 16.5. The Morgan fingerprint density at radius 1 is 1.45 bits per heavy atom. The number of amides is 1. The van der Waals surface area contributed by atoms with Crippen LogP contribution in [0.1, 0.15) is 46.0 Å². The molecule has 1 fully saturated rings. The second-order valence-corrected chi connectivity index (χ2v) is 5.11. The molecule has 5 nitrogen and oxygen atoms in total. The first-order chi connectivity index (χ1) is 9.58. The van der Waals surface area contributed by atoms with Crippen molar-refractivity contribution in [1.82, 2.24) is 4.90 Å². The molecule has 0 aliphatic carbocycles. The molecule has 20 heavy (non-hydrogen) atoms. The number of hydrogen-bond acceptors (Lipinski definition) is 4. The molecule has 0 radical (unpaired) electrons. The number of hydrogen-bond donors (Lipinski definition) is 0. The van der Waals surface area contributed by atoms with Crippen molar-refractivity contribution in [2.24, 2.45) is 0 Å². The van der Waals surface area contributed by atoms with Crippen LogP contribution in [-0.4, -0.2) is 42.3 Å². The van der Waals surface area contributed by atoms with E-state index in [0.717, 1.165) is 38.3 Å². The molecule has 1 saturated heterocycles. The third-order valence-corrected chi connectivity index (χ3v) is 3.60. The van der Waals surface area contributed by atoms with Crippen molar-refractivity contribution in [3.8, 4) is 0 Å². The normalized spacial score (nSPS) is 20.1. The van der Waals surface area contributed by atoms with Gasteiger partial charge in [0.15, 0.2) is 0 Å². The van der Waals surface area contributed by atoms with Crippen LogP contribution in [-0.2, 0) is 14.3 Å². The van der Waals surface area contributed by atoms with E-state index in [1.165, 1.54) is 0 Å². The first-order valence-electron chi connectivity index (χ1n) is 7.35. The summed E-state index contributed by atoms with van der Waals surface area (Å²) in [5.74, 6) is -0.422. The van der Waals surface area contributed by atoms with E-state index >= 15 is 0 Å². The van der Waals surface area contributed by atoms with Gasteiger partial charge in [-0.25, -0.2) is 9.59 Å². The van der Waals surface area contributed by atoms with Crippen molar-refractivity contribution in [3.05, 3.63) is 12.7 Å². The second kappa shape index (κ2) is 8.61. The maximum Gasteiger partial charge on any atom is 0.410 e. The minimum atomic E-state index is -0.422. The van der Waals surface area contributed by atoms with Crippen LogP contribution in [0.4, 0.5) is 4.79 Å². The Kier molecular flexibility index (Phi) is 7.12. The van der Waals surface area contributed by atoms with Crippen molar-refractivity contribution >= 4 is 12.1 Å². The average Bonchev–Trinajstić information content (AvgIpc) is 2.47. The van der Waals surface area contributed by atoms with E-state index in [1.807, 2.05) is 13.8 Å². The first-order valence-corrected chi connectivity index (χ1v) is 7.35. The standard InChI is InChI=1S/C15H25NO4/c1-4-12(3)20-15(18)16-10-7-6-8-13(16)9-11-19-14(17)5-2/h5,12-13H,2,4,6-11H2,1,3H3. The molecule has 1 heterocycles. The highest BCUT2D eigenvalue weighted by Gasteiger charge is 2.28. The Morgan fingerprint density at radius 2 is 2.20 bits per heavy atom. The summed E-state index contributed by atoms with van der Waals surface area (Å²) in [6, 6.07) is 0.0953. The van der Waals surface area contributed by atoms with Gasteiger partial charge in [-0.2, -0.15) is 0 Å². The minimum Gasteiger partial charge on any atom is -0.462 e. The lowest BCUT2D eigenvalue weighted by molar-refractivity contribution is -0.138. The van der Waals surface area contributed by atoms with E-state index in [1.54, 1.807) is 4.90 Å². The molecule has 0 bridgehead atoms. The Hall–Kier alpha value is -1.52. The van der Waals surface area contributed by atoms with Gasteiger partial charge in [0, 0.05) is 25.1 Å². The highest BCUT2D eigenvalue weighted by atomic mass is 16.6. The summed E-state index contributed by atoms with van der Waals surface area (Å²) in [5, 5.41) is 0. The zero-order valence-electron chi connectivity index (χ0n) is 12.5. The second-order valence-electron chi connectivity index (χ2n) is 5.11. The van der Waals surface area contributed by atoms with Crippen LogP contribution in [0, 0.1) is 0 Å². The van der Waals surface area contributed by atoms with Crippen LogP contribution in [0.15, 0.2) is 12.7 Å². The number of ether oxygens (including phenoxy) is 2. The Labute approximate surface area is 120 Å². The molecule has 2 atom stereocenters. The largest absolute Gasteiger partial charge is 0.462 e. The third-order valence-electron chi connectivity index (χ3n) is 3.60. The molecule has 2 unspecified atom stereocenters. The molecule has 0 N–H and O–H groups in total. The van der Waals surface area contributed by atoms with Crippen LogP contribution in [0.5, 0.6) is 0 Å². The van der Waals surface area contributed by atoms with Crippen molar-refractivity contribution in [3.63, 3.8) is 0 Å². The summed E-state index contributed by atoms with van der Waals surface area (Å²) in [7, 11) is 0. The molecule has 0 saturated carbocycles. The quantitative estimate of drug-likeness (QED) is 0.555. The lowest BCUT2D eigenvalue weighted by Crippen LogP contribution is -2.45. The molecular weight excluding hydrogens is 258 g/mol. The van der Waals surface area contributed by atoms with Crippen LogP contribution in [0.3, 0.4) is 0 Å². The molecule has 1 rings (SSSR count). The van der Waals surface area contributed by atoms with Gasteiger partial charge in [-0.3, -0.25) is 0 Å². The molecule has 0 spiro atoms. The summed E-state index contributed by atoms with van der Waals surface area (Å²) in [4.78, 5) is 24.9. The number of carbonyl (C=O) groups excluding carboxylic acids is 2. The third kappa shape index (κ3) is 5.23. The molecular formula is C15H25NO4. The number of carbonyl (C=O) groups is 2. The molecule has 1 aliphatic heterocycles. The fourth-order valence-corrected chi connectivity index (χ4v) is 2.22. The van der Waals surface area contributed by atoms with E-state index < -0.39 is 5.97 Å². The summed E-state index contributed by atoms with van der Waals surface area (Å²) in [6.07, 6.45) is 5.31. The predicted octanol–water partition coefficient (Wildman–Crippen LogP) is 2.90. The van der Waals surface area contributed by atoms with Gasteiger partial charge in [0.2, 0.25) is 0 Å². The van der Waals surface area contributed by atoms with Gasteiger partial charge < -0.3 is 14.4 Å². The lowest BCUT2D eigenvalue weighted by atomic mass is 10.0.